The lowest BCUT2D eigenvalue weighted by atomic mass is 10.00. The Labute approximate surface area is 259 Å². The Morgan fingerprint density at radius 3 is 1.24 bits per heavy atom. The highest BCUT2D eigenvalue weighted by Crippen LogP contribution is 2.15. The van der Waals surface area contributed by atoms with E-state index in [4.69, 9.17) is 14.2 Å². The molecule has 0 spiro atoms. The predicted molar refractivity (Wildman–Crippen MR) is 173 cm³/mol. The molecule has 0 heterocycles. The summed E-state index contributed by atoms with van der Waals surface area (Å²) in [6, 6.07) is 0. The van der Waals surface area contributed by atoms with E-state index in [0.29, 0.717) is 19.3 Å². The average Bonchev–Trinajstić information content (AvgIpc) is 2.98. The molecule has 0 radical (unpaired) electrons. The first-order valence-electron chi connectivity index (χ1n) is 17.9. The Kier molecular flexibility index (Phi) is 29.7. The molecule has 0 saturated carbocycles. The standard InChI is InChI=1S/C36H68O6/c1-5-8-10-12-14-19-23-27-34(37)40-30-33(42-36(39)29-25-21-15-13-11-9-6-2)31-41-35(38)28-24-20-17-16-18-22-26-32(4)7-3/h32-33H,5-31H2,1-4H3/t32?,33-/m1/s1. The number of esters is 3. The summed E-state index contributed by atoms with van der Waals surface area (Å²) in [6.07, 6.45) is 25.4. The van der Waals surface area contributed by atoms with Gasteiger partial charge in [0, 0.05) is 19.3 Å². The van der Waals surface area contributed by atoms with Gasteiger partial charge in [-0.15, -0.1) is 0 Å². The zero-order chi connectivity index (χ0) is 31.1. The highest BCUT2D eigenvalue weighted by Gasteiger charge is 2.19. The first-order chi connectivity index (χ1) is 20.4. The second-order valence-corrected chi connectivity index (χ2v) is 12.4. The molecule has 6 nitrogen and oxygen atoms in total. The van der Waals surface area contributed by atoms with Crippen molar-refractivity contribution in [1.82, 2.24) is 0 Å². The first-order valence-corrected chi connectivity index (χ1v) is 17.9. The van der Waals surface area contributed by atoms with Crippen LogP contribution in [0, 0.1) is 5.92 Å². The van der Waals surface area contributed by atoms with Gasteiger partial charge < -0.3 is 14.2 Å². The molecule has 0 amide bonds. The molecule has 0 aromatic rings. The summed E-state index contributed by atoms with van der Waals surface area (Å²) in [6.45, 7) is 8.83. The number of carbonyl (C=O) groups excluding carboxylic acids is 3. The molecule has 42 heavy (non-hydrogen) atoms. The van der Waals surface area contributed by atoms with Crippen molar-refractivity contribution in [3.63, 3.8) is 0 Å². The van der Waals surface area contributed by atoms with Gasteiger partial charge in [0.1, 0.15) is 13.2 Å². The molecule has 1 unspecified atom stereocenters. The molecule has 0 aromatic heterocycles. The van der Waals surface area contributed by atoms with Gasteiger partial charge in [-0.25, -0.2) is 0 Å². The summed E-state index contributed by atoms with van der Waals surface area (Å²) in [4.78, 5) is 37.1. The number of rotatable bonds is 31. The van der Waals surface area contributed by atoms with Gasteiger partial charge in [0.2, 0.25) is 0 Å². The van der Waals surface area contributed by atoms with Crippen molar-refractivity contribution < 1.29 is 28.6 Å². The average molecular weight is 597 g/mol. The van der Waals surface area contributed by atoms with Crippen LogP contribution in [0.4, 0.5) is 0 Å². The van der Waals surface area contributed by atoms with Crippen LogP contribution in [0.3, 0.4) is 0 Å². The molecule has 0 aliphatic carbocycles. The fraction of sp³-hybridized carbons (Fsp3) is 0.917. The van der Waals surface area contributed by atoms with E-state index in [-0.39, 0.29) is 31.1 Å². The molecule has 0 saturated heterocycles. The first kappa shape index (κ1) is 40.4. The third-order valence-corrected chi connectivity index (χ3v) is 8.15. The van der Waals surface area contributed by atoms with E-state index in [0.717, 1.165) is 63.7 Å². The van der Waals surface area contributed by atoms with Crippen LogP contribution in [0.5, 0.6) is 0 Å². The molecule has 0 aliphatic heterocycles. The minimum atomic E-state index is -0.755. The Bertz CT molecular complexity index is 634. The van der Waals surface area contributed by atoms with Crippen molar-refractivity contribution in [3.8, 4) is 0 Å². The van der Waals surface area contributed by atoms with Crippen LogP contribution in [0.2, 0.25) is 0 Å². The number of carbonyl (C=O) groups is 3. The largest absolute Gasteiger partial charge is 0.462 e. The second-order valence-electron chi connectivity index (χ2n) is 12.4. The molecule has 0 fully saturated rings. The maximum absolute atomic E-state index is 12.5. The van der Waals surface area contributed by atoms with Crippen molar-refractivity contribution >= 4 is 17.9 Å². The zero-order valence-corrected chi connectivity index (χ0v) is 28.2. The quantitative estimate of drug-likeness (QED) is 0.0450. The van der Waals surface area contributed by atoms with Crippen LogP contribution >= 0.6 is 0 Å². The summed E-state index contributed by atoms with van der Waals surface area (Å²) in [5, 5.41) is 0. The van der Waals surface area contributed by atoms with Gasteiger partial charge in [0.05, 0.1) is 0 Å². The summed E-state index contributed by atoms with van der Waals surface area (Å²) >= 11 is 0. The highest BCUT2D eigenvalue weighted by molar-refractivity contribution is 5.71. The van der Waals surface area contributed by atoms with Crippen LogP contribution in [-0.4, -0.2) is 37.2 Å². The molecule has 0 N–H and O–H groups in total. The maximum Gasteiger partial charge on any atom is 0.306 e. The van der Waals surface area contributed by atoms with E-state index < -0.39 is 6.10 Å². The number of hydrogen-bond acceptors (Lipinski definition) is 6. The monoisotopic (exact) mass is 597 g/mol. The van der Waals surface area contributed by atoms with E-state index >= 15 is 0 Å². The van der Waals surface area contributed by atoms with Gasteiger partial charge in [0.15, 0.2) is 6.10 Å². The number of ether oxygens (including phenoxy) is 3. The summed E-state index contributed by atoms with van der Waals surface area (Å²) in [7, 11) is 0. The highest BCUT2D eigenvalue weighted by atomic mass is 16.6. The van der Waals surface area contributed by atoms with Gasteiger partial charge in [-0.2, -0.15) is 0 Å². The fourth-order valence-electron chi connectivity index (χ4n) is 5.00. The Hall–Kier alpha value is -1.59. The van der Waals surface area contributed by atoms with Crippen molar-refractivity contribution in [2.75, 3.05) is 13.2 Å². The lowest BCUT2D eigenvalue weighted by Crippen LogP contribution is -2.30. The fourth-order valence-corrected chi connectivity index (χ4v) is 5.00. The van der Waals surface area contributed by atoms with Crippen LogP contribution in [0.1, 0.15) is 188 Å². The SMILES string of the molecule is CCCCCCCCCC(=O)OC[C@H](COC(=O)CCCCCCCCC(C)CC)OC(=O)CCCCCCCCC. The molecule has 0 aliphatic rings. The maximum atomic E-state index is 12.5. The van der Waals surface area contributed by atoms with Gasteiger partial charge in [-0.3, -0.25) is 14.4 Å². The number of hydrogen-bond donors (Lipinski definition) is 0. The minimum Gasteiger partial charge on any atom is -0.462 e. The van der Waals surface area contributed by atoms with Gasteiger partial charge in [-0.05, 0) is 25.2 Å². The lowest BCUT2D eigenvalue weighted by Gasteiger charge is -2.18. The number of unbranched alkanes of at least 4 members (excludes halogenated alkanes) is 17. The summed E-state index contributed by atoms with van der Waals surface area (Å²) in [5.74, 6) is -0.0701. The van der Waals surface area contributed by atoms with Crippen molar-refractivity contribution in [3.05, 3.63) is 0 Å². The third kappa shape index (κ3) is 28.5. The molecule has 0 aromatic carbocycles. The molecular formula is C36H68O6. The minimum absolute atomic E-state index is 0.0674. The van der Waals surface area contributed by atoms with E-state index in [1.807, 2.05) is 0 Å². The molecule has 6 heteroatoms. The van der Waals surface area contributed by atoms with Gasteiger partial charge in [-0.1, -0.05) is 150 Å². The smallest absolute Gasteiger partial charge is 0.306 e. The molecule has 0 rings (SSSR count). The van der Waals surface area contributed by atoms with E-state index in [1.54, 1.807) is 0 Å². The topological polar surface area (TPSA) is 78.9 Å². The van der Waals surface area contributed by atoms with Crippen LogP contribution in [0.25, 0.3) is 0 Å². The molecular weight excluding hydrogens is 528 g/mol. The van der Waals surface area contributed by atoms with Crippen LogP contribution in [0.15, 0.2) is 0 Å². The Balaban J connectivity index is 4.35. The van der Waals surface area contributed by atoms with Gasteiger partial charge >= 0.3 is 17.9 Å². The van der Waals surface area contributed by atoms with Gasteiger partial charge in [0.25, 0.3) is 0 Å². The van der Waals surface area contributed by atoms with Crippen molar-refractivity contribution in [2.45, 2.75) is 194 Å². The van der Waals surface area contributed by atoms with Crippen LogP contribution in [-0.2, 0) is 28.6 Å². The summed E-state index contributed by atoms with van der Waals surface area (Å²) in [5.41, 5.74) is 0. The van der Waals surface area contributed by atoms with E-state index in [1.165, 1.54) is 83.5 Å². The predicted octanol–water partition coefficient (Wildman–Crippen LogP) is 10.4. The van der Waals surface area contributed by atoms with Crippen molar-refractivity contribution in [1.29, 1.82) is 0 Å². The third-order valence-electron chi connectivity index (χ3n) is 8.15. The van der Waals surface area contributed by atoms with Crippen LogP contribution < -0.4 is 0 Å². The molecule has 2 atom stereocenters. The van der Waals surface area contributed by atoms with Crippen molar-refractivity contribution in [2.24, 2.45) is 5.92 Å². The second kappa shape index (κ2) is 30.9. The lowest BCUT2D eigenvalue weighted by molar-refractivity contribution is -0.167. The Morgan fingerprint density at radius 1 is 0.476 bits per heavy atom. The van der Waals surface area contributed by atoms with E-state index in [2.05, 4.69) is 27.7 Å². The molecule has 0 bridgehead atoms. The Morgan fingerprint density at radius 2 is 0.833 bits per heavy atom. The normalized spacial score (nSPS) is 12.6. The van der Waals surface area contributed by atoms with E-state index in [9.17, 15) is 14.4 Å². The molecule has 248 valence electrons. The zero-order valence-electron chi connectivity index (χ0n) is 28.2. The summed E-state index contributed by atoms with van der Waals surface area (Å²) < 4.78 is 16.5.